The third-order valence-corrected chi connectivity index (χ3v) is 8.00. The second kappa shape index (κ2) is 11.6. The Morgan fingerprint density at radius 3 is 2.21 bits per heavy atom. The number of rotatable bonds is 10. The topological polar surface area (TPSA) is 85.4 Å². The van der Waals surface area contributed by atoms with Crippen LogP contribution in [0, 0.1) is 0 Å². The van der Waals surface area contributed by atoms with Crippen LogP contribution in [0.5, 0.6) is 17.2 Å². The van der Waals surface area contributed by atoms with Crippen molar-refractivity contribution in [2.45, 2.75) is 43.5 Å². The van der Waals surface area contributed by atoms with E-state index < -0.39 is 10.0 Å². The Morgan fingerprint density at radius 2 is 1.56 bits per heavy atom. The summed E-state index contributed by atoms with van der Waals surface area (Å²) >= 11 is 0. The number of benzene rings is 2. The molecule has 1 saturated heterocycles. The fourth-order valence-corrected chi connectivity index (χ4v) is 5.71. The first-order valence-electron chi connectivity index (χ1n) is 11.4. The summed E-state index contributed by atoms with van der Waals surface area (Å²) in [6.07, 6.45) is 3.42. The van der Waals surface area contributed by atoms with Gasteiger partial charge in [-0.1, -0.05) is 12.5 Å². The van der Waals surface area contributed by atoms with Gasteiger partial charge in [-0.25, -0.2) is 8.42 Å². The highest BCUT2D eigenvalue weighted by atomic mass is 32.2. The molecule has 0 atom stereocenters. The fourth-order valence-electron chi connectivity index (χ4n) is 4.14. The quantitative estimate of drug-likeness (QED) is 0.507. The van der Waals surface area contributed by atoms with Gasteiger partial charge in [-0.05, 0) is 60.7 Å². The molecule has 2 aromatic rings. The van der Waals surface area contributed by atoms with E-state index in [4.69, 9.17) is 14.2 Å². The molecule has 1 aliphatic heterocycles. The molecule has 1 heterocycles. The predicted molar refractivity (Wildman–Crippen MR) is 130 cm³/mol. The molecule has 1 amide bonds. The van der Waals surface area contributed by atoms with Crippen LogP contribution in [0.4, 0.5) is 0 Å². The van der Waals surface area contributed by atoms with Crippen molar-refractivity contribution in [1.29, 1.82) is 0 Å². The number of aryl methyl sites for hydroxylation is 1. The Hall–Kier alpha value is -2.78. The SMILES string of the molecule is COc1ccc(S(=O)(=O)N2CCCCC2)cc1CCC(=O)N(C)Cc1ccc(OC)c(OC)c1. The first-order valence-corrected chi connectivity index (χ1v) is 12.9. The molecular weight excluding hydrogens is 456 g/mol. The van der Waals surface area contributed by atoms with Crippen LogP contribution in [0.3, 0.4) is 0 Å². The first kappa shape index (κ1) is 25.8. The number of sulfonamides is 1. The van der Waals surface area contributed by atoms with Crippen LogP contribution in [0.25, 0.3) is 0 Å². The number of carbonyl (C=O) groups is 1. The lowest BCUT2D eigenvalue weighted by Crippen LogP contribution is -2.35. The molecule has 2 aromatic carbocycles. The molecule has 1 aliphatic rings. The van der Waals surface area contributed by atoms with Crippen LogP contribution >= 0.6 is 0 Å². The lowest BCUT2D eigenvalue weighted by molar-refractivity contribution is -0.130. The average molecular weight is 491 g/mol. The zero-order chi connectivity index (χ0) is 24.7. The summed E-state index contributed by atoms with van der Waals surface area (Å²) in [6, 6.07) is 10.4. The molecular formula is C25H34N2O6S. The number of amides is 1. The van der Waals surface area contributed by atoms with Gasteiger partial charge in [-0.3, -0.25) is 4.79 Å². The van der Waals surface area contributed by atoms with Gasteiger partial charge in [0.05, 0.1) is 26.2 Å². The maximum Gasteiger partial charge on any atom is 0.243 e. The zero-order valence-electron chi connectivity index (χ0n) is 20.4. The van der Waals surface area contributed by atoms with Gasteiger partial charge in [0.2, 0.25) is 15.9 Å². The van der Waals surface area contributed by atoms with E-state index in [2.05, 4.69) is 0 Å². The second-order valence-electron chi connectivity index (χ2n) is 8.38. The summed E-state index contributed by atoms with van der Waals surface area (Å²) < 4.78 is 43.7. The largest absolute Gasteiger partial charge is 0.496 e. The third-order valence-electron chi connectivity index (χ3n) is 6.11. The van der Waals surface area contributed by atoms with E-state index in [0.717, 1.165) is 24.8 Å². The fraction of sp³-hybridized carbons (Fsp3) is 0.480. The smallest absolute Gasteiger partial charge is 0.243 e. The van der Waals surface area contributed by atoms with Crippen molar-refractivity contribution in [2.75, 3.05) is 41.5 Å². The minimum Gasteiger partial charge on any atom is -0.496 e. The van der Waals surface area contributed by atoms with Crippen molar-refractivity contribution < 1.29 is 27.4 Å². The summed E-state index contributed by atoms with van der Waals surface area (Å²) in [5.74, 6) is 1.76. The molecule has 186 valence electrons. The van der Waals surface area contributed by atoms with Crippen molar-refractivity contribution in [3.8, 4) is 17.2 Å². The number of carbonyl (C=O) groups excluding carboxylic acids is 1. The summed E-state index contributed by atoms with van der Waals surface area (Å²) in [5.41, 5.74) is 1.62. The molecule has 0 spiro atoms. The number of nitrogens with zero attached hydrogens (tertiary/aromatic N) is 2. The summed E-state index contributed by atoms with van der Waals surface area (Å²) in [7, 11) is 2.88. The molecule has 0 saturated carbocycles. The lowest BCUT2D eigenvalue weighted by atomic mass is 10.1. The van der Waals surface area contributed by atoms with E-state index in [1.807, 2.05) is 18.2 Å². The maximum atomic E-state index is 13.1. The van der Waals surface area contributed by atoms with Crippen LogP contribution in [0.2, 0.25) is 0 Å². The maximum absolute atomic E-state index is 13.1. The molecule has 3 rings (SSSR count). The van der Waals surface area contributed by atoms with Crippen LogP contribution in [-0.4, -0.2) is 65.0 Å². The molecule has 0 N–H and O–H groups in total. The number of piperidine rings is 1. The Kier molecular flexibility index (Phi) is 8.79. The molecule has 0 aromatic heterocycles. The highest BCUT2D eigenvalue weighted by molar-refractivity contribution is 7.89. The standard InChI is InChI=1S/C25H34N2O6S/c1-26(18-19-8-11-23(32-3)24(16-19)33-4)25(28)13-9-20-17-21(10-12-22(20)31-2)34(29,30)27-14-6-5-7-15-27/h8,10-12,16-17H,5-7,9,13-15,18H2,1-4H3. The Labute approximate surface area is 202 Å². The molecule has 34 heavy (non-hydrogen) atoms. The van der Waals surface area contributed by atoms with Crippen LogP contribution < -0.4 is 14.2 Å². The van der Waals surface area contributed by atoms with Gasteiger partial charge < -0.3 is 19.1 Å². The summed E-state index contributed by atoms with van der Waals surface area (Å²) in [4.78, 5) is 14.7. The Bertz CT molecular complexity index is 1100. The summed E-state index contributed by atoms with van der Waals surface area (Å²) in [6.45, 7) is 1.51. The monoisotopic (exact) mass is 490 g/mol. The molecule has 0 radical (unpaired) electrons. The Balaban J connectivity index is 1.69. The average Bonchev–Trinajstić information content (AvgIpc) is 2.87. The third kappa shape index (κ3) is 6.01. The van der Waals surface area contributed by atoms with Gasteiger partial charge >= 0.3 is 0 Å². The predicted octanol–water partition coefficient (Wildman–Crippen LogP) is 3.48. The van der Waals surface area contributed by atoms with Crippen LogP contribution in [0.15, 0.2) is 41.3 Å². The van der Waals surface area contributed by atoms with E-state index in [9.17, 15) is 13.2 Å². The minimum absolute atomic E-state index is 0.0545. The molecule has 0 aliphatic carbocycles. The van der Waals surface area contributed by atoms with Gasteiger partial charge in [0, 0.05) is 33.1 Å². The van der Waals surface area contributed by atoms with Crippen LogP contribution in [-0.2, 0) is 27.8 Å². The number of ether oxygens (including phenoxy) is 3. The number of hydrogen-bond donors (Lipinski definition) is 0. The highest BCUT2D eigenvalue weighted by Gasteiger charge is 2.26. The van der Waals surface area contributed by atoms with Crippen molar-refractivity contribution in [3.63, 3.8) is 0 Å². The number of hydrogen-bond acceptors (Lipinski definition) is 6. The zero-order valence-corrected chi connectivity index (χ0v) is 21.2. The van der Waals surface area contributed by atoms with E-state index in [0.29, 0.717) is 48.9 Å². The Morgan fingerprint density at radius 1 is 0.912 bits per heavy atom. The van der Waals surface area contributed by atoms with Crippen molar-refractivity contribution >= 4 is 15.9 Å². The molecule has 1 fully saturated rings. The van der Waals surface area contributed by atoms with Crippen molar-refractivity contribution in [3.05, 3.63) is 47.5 Å². The minimum atomic E-state index is -3.56. The highest BCUT2D eigenvalue weighted by Crippen LogP contribution is 2.29. The second-order valence-corrected chi connectivity index (χ2v) is 10.3. The lowest BCUT2D eigenvalue weighted by Gasteiger charge is -2.26. The van der Waals surface area contributed by atoms with E-state index in [1.54, 1.807) is 55.8 Å². The first-order chi connectivity index (χ1) is 16.3. The van der Waals surface area contributed by atoms with Crippen molar-refractivity contribution in [1.82, 2.24) is 9.21 Å². The molecule has 0 bridgehead atoms. The van der Waals surface area contributed by atoms with Crippen molar-refractivity contribution in [2.24, 2.45) is 0 Å². The molecule has 0 unspecified atom stereocenters. The normalized spacial score (nSPS) is 14.5. The van der Waals surface area contributed by atoms with E-state index in [1.165, 1.54) is 0 Å². The van der Waals surface area contributed by atoms with Crippen LogP contribution in [0.1, 0.15) is 36.8 Å². The summed E-state index contributed by atoms with van der Waals surface area (Å²) in [5, 5.41) is 0. The van der Waals surface area contributed by atoms with Gasteiger partial charge in [0.1, 0.15) is 5.75 Å². The van der Waals surface area contributed by atoms with Gasteiger partial charge in [-0.15, -0.1) is 0 Å². The number of methoxy groups -OCH3 is 3. The van der Waals surface area contributed by atoms with E-state index in [-0.39, 0.29) is 17.2 Å². The van der Waals surface area contributed by atoms with Gasteiger partial charge in [-0.2, -0.15) is 4.31 Å². The van der Waals surface area contributed by atoms with Gasteiger partial charge in [0.25, 0.3) is 0 Å². The van der Waals surface area contributed by atoms with Gasteiger partial charge in [0.15, 0.2) is 11.5 Å². The van der Waals surface area contributed by atoms with E-state index >= 15 is 0 Å². The molecule has 9 heteroatoms. The molecule has 8 nitrogen and oxygen atoms in total.